The van der Waals surface area contributed by atoms with Gasteiger partial charge in [0.15, 0.2) is 0 Å². The van der Waals surface area contributed by atoms with E-state index in [0.717, 1.165) is 36.3 Å². The van der Waals surface area contributed by atoms with Crippen LogP contribution < -0.4 is 4.74 Å². The van der Waals surface area contributed by atoms with E-state index in [-0.39, 0.29) is 5.56 Å². The molecule has 0 unspecified atom stereocenters. The minimum absolute atomic E-state index is 0.309. The summed E-state index contributed by atoms with van der Waals surface area (Å²) in [4.78, 5) is 11.0. The summed E-state index contributed by atoms with van der Waals surface area (Å²) in [7, 11) is 0. The van der Waals surface area contributed by atoms with Crippen molar-refractivity contribution >= 4 is 5.97 Å². The number of benzene rings is 2. The molecule has 2 aromatic rings. The summed E-state index contributed by atoms with van der Waals surface area (Å²) in [6, 6.07) is 9.87. The second kappa shape index (κ2) is 4.96. The van der Waals surface area contributed by atoms with Crippen molar-refractivity contribution in [2.75, 3.05) is 6.61 Å². The molecule has 0 radical (unpaired) electrons. The lowest BCUT2D eigenvalue weighted by Gasteiger charge is -2.18. The number of aromatic carboxylic acids is 1. The van der Waals surface area contributed by atoms with Crippen LogP contribution in [0.5, 0.6) is 5.75 Å². The van der Waals surface area contributed by atoms with Gasteiger partial charge in [-0.05, 0) is 53.8 Å². The third-order valence-corrected chi connectivity index (χ3v) is 3.44. The molecular weight excluding hydrogens is 259 g/mol. The molecule has 0 aromatic heterocycles. The van der Waals surface area contributed by atoms with Crippen LogP contribution in [0.15, 0.2) is 36.4 Å². The second-order valence-corrected chi connectivity index (χ2v) is 4.77. The summed E-state index contributed by atoms with van der Waals surface area (Å²) in [6.45, 7) is 0.728. The summed E-state index contributed by atoms with van der Waals surface area (Å²) in [5, 5.41) is 8.97. The van der Waals surface area contributed by atoms with Crippen LogP contribution in [0.25, 0.3) is 11.1 Å². The third-order valence-electron chi connectivity index (χ3n) is 3.44. The second-order valence-electron chi connectivity index (χ2n) is 4.77. The van der Waals surface area contributed by atoms with Gasteiger partial charge in [0.05, 0.1) is 12.2 Å². The van der Waals surface area contributed by atoms with Gasteiger partial charge in [0.2, 0.25) is 0 Å². The third kappa shape index (κ3) is 2.25. The van der Waals surface area contributed by atoms with E-state index in [0.29, 0.717) is 5.56 Å². The van der Waals surface area contributed by atoms with Crippen LogP contribution in [0.1, 0.15) is 22.3 Å². The number of ether oxygens (including phenoxy) is 1. The summed E-state index contributed by atoms with van der Waals surface area (Å²) < 4.78 is 18.9. The number of hydrogen-bond acceptors (Lipinski definition) is 2. The van der Waals surface area contributed by atoms with Crippen molar-refractivity contribution in [3.8, 4) is 16.9 Å². The monoisotopic (exact) mass is 272 g/mol. The number of carboxylic acid groups (broad SMARTS) is 1. The van der Waals surface area contributed by atoms with Crippen LogP contribution in [-0.2, 0) is 6.42 Å². The van der Waals surface area contributed by atoms with Crippen LogP contribution in [0.3, 0.4) is 0 Å². The fourth-order valence-electron chi connectivity index (χ4n) is 2.41. The Balaban J connectivity index is 2.05. The molecule has 0 amide bonds. The van der Waals surface area contributed by atoms with Crippen LogP contribution in [0.2, 0.25) is 0 Å². The Morgan fingerprint density at radius 1 is 1.15 bits per heavy atom. The van der Waals surface area contributed by atoms with Gasteiger partial charge in [-0.2, -0.15) is 0 Å². The molecule has 0 fully saturated rings. The Labute approximate surface area is 115 Å². The summed E-state index contributed by atoms with van der Waals surface area (Å²) in [5.74, 6) is -1.10. The highest BCUT2D eigenvalue weighted by molar-refractivity contribution is 5.89. The molecule has 1 N–H and O–H groups in total. The number of hydrogen-bond donors (Lipinski definition) is 1. The molecule has 0 bridgehead atoms. The van der Waals surface area contributed by atoms with Gasteiger partial charge in [-0.1, -0.05) is 12.1 Å². The normalized spacial score (nSPS) is 13.4. The summed E-state index contributed by atoms with van der Waals surface area (Å²) in [5.41, 5.74) is 2.36. The molecule has 1 heterocycles. The Kier molecular flexibility index (Phi) is 3.14. The predicted octanol–water partition coefficient (Wildman–Crippen LogP) is 3.52. The predicted molar refractivity (Wildman–Crippen MR) is 72.6 cm³/mol. The Morgan fingerprint density at radius 3 is 2.70 bits per heavy atom. The number of halogens is 1. The zero-order valence-corrected chi connectivity index (χ0v) is 10.7. The van der Waals surface area contributed by atoms with Crippen molar-refractivity contribution in [3.63, 3.8) is 0 Å². The van der Waals surface area contributed by atoms with Gasteiger partial charge in [0, 0.05) is 0 Å². The maximum atomic E-state index is 13.4. The molecule has 0 atom stereocenters. The first-order chi connectivity index (χ1) is 9.65. The molecule has 1 aliphatic rings. The molecular formula is C16H13FO3. The summed E-state index contributed by atoms with van der Waals surface area (Å²) in [6.07, 6.45) is 1.91. The van der Waals surface area contributed by atoms with E-state index in [1.807, 2.05) is 18.2 Å². The van der Waals surface area contributed by atoms with E-state index in [4.69, 9.17) is 9.84 Å². The Bertz CT molecular complexity index is 679. The molecule has 20 heavy (non-hydrogen) atoms. The molecule has 3 nitrogen and oxygen atoms in total. The van der Waals surface area contributed by atoms with Crippen molar-refractivity contribution in [1.29, 1.82) is 0 Å². The minimum Gasteiger partial charge on any atom is -0.493 e. The van der Waals surface area contributed by atoms with Gasteiger partial charge >= 0.3 is 5.97 Å². The molecule has 1 aliphatic heterocycles. The molecule has 2 aromatic carbocycles. The highest BCUT2D eigenvalue weighted by atomic mass is 19.1. The number of carboxylic acids is 1. The zero-order valence-electron chi connectivity index (χ0n) is 10.7. The first-order valence-corrected chi connectivity index (χ1v) is 6.44. The van der Waals surface area contributed by atoms with Gasteiger partial charge in [0.25, 0.3) is 0 Å². The van der Waals surface area contributed by atoms with Crippen LogP contribution in [0, 0.1) is 5.82 Å². The molecule has 0 saturated heterocycles. The largest absolute Gasteiger partial charge is 0.493 e. The van der Waals surface area contributed by atoms with Gasteiger partial charge in [-0.3, -0.25) is 0 Å². The zero-order chi connectivity index (χ0) is 14.1. The molecule has 0 spiro atoms. The average molecular weight is 272 g/mol. The number of rotatable bonds is 2. The molecule has 3 rings (SSSR count). The maximum absolute atomic E-state index is 13.4. The van der Waals surface area contributed by atoms with E-state index < -0.39 is 11.8 Å². The number of carbonyl (C=O) groups is 1. The van der Waals surface area contributed by atoms with E-state index in [1.54, 1.807) is 6.07 Å². The topological polar surface area (TPSA) is 46.5 Å². The minimum atomic E-state index is -1.26. The van der Waals surface area contributed by atoms with Gasteiger partial charge < -0.3 is 9.84 Å². The first-order valence-electron chi connectivity index (χ1n) is 6.44. The van der Waals surface area contributed by atoms with Gasteiger partial charge in [0.1, 0.15) is 11.6 Å². The van der Waals surface area contributed by atoms with E-state index >= 15 is 0 Å². The van der Waals surface area contributed by atoms with E-state index in [9.17, 15) is 9.18 Å². The van der Waals surface area contributed by atoms with Crippen LogP contribution >= 0.6 is 0 Å². The highest BCUT2D eigenvalue weighted by Gasteiger charge is 2.14. The lowest BCUT2D eigenvalue weighted by Crippen LogP contribution is -2.08. The smallest absolute Gasteiger partial charge is 0.338 e. The number of aryl methyl sites for hydroxylation is 1. The van der Waals surface area contributed by atoms with Gasteiger partial charge in [-0.15, -0.1) is 0 Å². The molecule has 0 aliphatic carbocycles. The average Bonchev–Trinajstić information content (AvgIpc) is 2.47. The maximum Gasteiger partial charge on any atom is 0.338 e. The number of fused-ring (bicyclic) bond motifs is 1. The van der Waals surface area contributed by atoms with Crippen molar-refractivity contribution in [1.82, 2.24) is 0 Å². The quantitative estimate of drug-likeness (QED) is 0.909. The Hall–Kier alpha value is -2.36. The standard InChI is InChI=1S/C16H13FO3/c17-14-5-3-11(9-13(14)16(18)19)10-4-6-15-12(8-10)2-1-7-20-15/h3-6,8-9H,1-2,7H2,(H,18,19). The van der Waals surface area contributed by atoms with E-state index in [2.05, 4.69) is 0 Å². The SMILES string of the molecule is O=C(O)c1cc(-c2ccc3c(c2)CCCO3)ccc1F. The Morgan fingerprint density at radius 2 is 1.90 bits per heavy atom. The lowest BCUT2D eigenvalue weighted by atomic mass is 9.97. The van der Waals surface area contributed by atoms with Crippen molar-refractivity contribution in [2.24, 2.45) is 0 Å². The summed E-state index contributed by atoms with van der Waals surface area (Å²) >= 11 is 0. The van der Waals surface area contributed by atoms with Gasteiger partial charge in [-0.25, -0.2) is 9.18 Å². The van der Waals surface area contributed by atoms with Crippen molar-refractivity contribution < 1.29 is 19.0 Å². The van der Waals surface area contributed by atoms with Crippen LogP contribution in [0.4, 0.5) is 4.39 Å². The highest BCUT2D eigenvalue weighted by Crippen LogP contribution is 2.30. The molecule has 0 saturated carbocycles. The van der Waals surface area contributed by atoms with Crippen LogP contribution in [-0.4, -0.2) is 17.7 Å². The fourth-order valence-corrected chi connectivity index (χ4v) is 2.41. The van der Waals surface area contributed by atoms with E-state index in [1.165, 1.54) is 12.1 Å². The first kappa shape index (κ1) is 12.7. The fraction of sp³-hybridized carbons (Fsp3) is 0.188. The molecule has 4 heteroatoms. The molecule has 102 valence electrons. The van der Waals surface area contributed by atoms with Crippen molar-refractivity contribution in [2.45, 2.75) is 12.8 Å². The lowest BCUT2D eigenvalue weighted by molar-refractivity contribution is 0.0692. The van der Waals surface area contributed by atoms with Crippen molar-refractivity contribution in [3.05, 3.63) is 53.3 Å².